The molecule has 1 saturated carbocycles. The van der Waals surface area contributed by atoms with E-state index in [0.717, 1.165) is 17.9 Å². The predicted octanol–water partition coefficient (Wildman–Crippen LogP) is 0.485. The number of hydrogen-bond donors (Lipinski definition) is 2. The van der Waals surface area contributed by atoms with Crippen LogP contribution in [0.2, 0.25) is 0 Å². The van der Waals surface area contributed by atoms with E-state index in [0.29, 0.717) is 0 Å². The van der Waals surface area contributed by atoms with E-state index in [4.69, 9.17) is 0 Å². The van der Waals surface area contributed by atoms with Gasteiger partial charge in [-0.05, 0) is 18.9 Å². The summed E-state index contributed by atoms with van der Waals surface area (Å²) in [6.45, 7) is 1.20. The van der Waals surface area contributed by atoms with Crippen molar-refractivity contribution in [3.63, 3.8) is 0 Å². The highest BCUT2D eigenvalue weighted by atomic mass is 15.0. The van der Waals surface area contributed by atoms with Crippen LogP contribution in [-0.2, 0) is 0 Å². The SMILES string of the molecule is c1ncc([C@H]2[C@H]3CN[C@@H]2C3)[nH]1. The molecule has 1 aromatic heterocycles. The molecule has 11 heavy (non-hydrogen) atoms. The summed E-state index contributed by atoms with van der Waals surface area (Å²) in [6, 6.07) is 0.737. The highest BCUT2D eigenvalue weighted by Gasteiger charge is 2.47. The summed E-state index contributed by atoms with van der Waals surface area (Å²) in [4.78, 5) is 7.23. The Morgan fingerprint density at radius 2 is 2.55 bits per heavy atom. The minimum atomic E-state index is 0.734. The average Bonchev–Trinajstić information content (AvgIpc) is 2.59. The minimum absolute atomic E-state index is 0.734. The van der Waals surface area contributed by atoms with Crippen molar-refractivity contribution in [1.82, 2.24) is 15.3 Å². The normalized spacial score (nSPS) is 40.5. The third-order valence-electron chi connectivity index (χ3n) is 3.02. The topological polar surface area (TPSA) is 40.7 Å². The number of aromatic amines is 1. The Morgan fingerprint density at radius 1 is 1.55 bits per heavy atom. The van der Waals surface area contributed by atoms with Crippen molar-refractivity contribution in [2.75, 3.05) is 6.54 Å². The number of H-pyrrole nitrogens is 1. The Balaban J connectivity index is 1.92. The first-order valence-corrected chi connectivity index (χ1v) is 4.17. The maximum atomic E-state index is 4.04. The zero-order valence-corrected chi connectivity index (χ0v) is 6.25. The third kappa shape index (κ3) is 0.639. The van der Waals surface area contributed by atoms with Gasteiger partial charge in [-0.25, -0.2) is 4.98 Å². The lowest BCUT2D eigenvalue weighted by atomic mass is 9.72. The number of aromatic nitrogens is 2. The van der Waals surface area contributed by atoms with Crippen LogP contribution >= 0.6 is 0 Å². The van der Waals surface area contributed by atoms with Crippen LogP contribution in [-0.4, -0.2) is 22.6 Å². The summed E-state index contributed by atoms with van der Waals surface area (Å²) in [6.07, 6.45) is 5.09. The third-order valence-corrected chi connectivity index (χ3v) is 3.02. The first kappa shape index (κ1) is 5.77. The lowest BCUT2D eigenvalue weighted by molar-refractivity contribution is 0.298. The van der Waals surface area contributed by atoms with Gasteiger partial charge in [0, 0.05) is 23.9 Å². The van der Waals surface area contributed by atoms with Gasteiger partial charge >= 0.3 is 0 Å². The van der Waals surface area contributed by atoms with Crippen LogP contribution < -0.4 is 5.32 Å². The lowest BCUT2D eigenvalue weighted by Gasteiger charge is -2.33. The molecule has 1 aliphatic carbocycles. The first-order valence-electron chi connectivity index (χ1n) is 4.17. The van der Waals surface area contributed by atoms with Gasteiger partial charge in [-0.2, -0.15) is 0 Å². The predicted molar refractivity (Wildman–Crippen MR) is 41.2 cm³/mol. The van der Waals surface area contributed by atoms with Gasteiger partial charge in [-0.1, -0.05) is 0 Å². The molecule has 3 heterocycles. The van der Waals surface area contributed by atoms with Gasteiger partial charge in [0.2, 0.25) is 0 Å². The van der Waals surface area contributed by atoms with E-state index in [1.54, 1.807) is 6.33 Å². The van der Waals surface area contributed by atoms with Gasteiger partial charge in [-0.3, -0.25) is 0 Å². The van der Waals surface area contributed by atoms with Gasteiger partial charge in [0.25, 0.3) is 0 Å². The maximum Gasteiger partial charge on any atom is 0.0921 e. The Hall–Kier alpha value is -0.830. The molecule has 0 spiro atoms. The van der Waals surface area contributed by atoms with Gasteiger partial charge in [0.05, 0.1) is 6.33 Å². The fourth-order valence-corrected chi connectivity index (χ4v) is 2.40. The van der Waals surface area contributed by atoms with E-state index in [-0.39, 0.29) is 0 Å². The van der Waals surface area contributed by atoms with Crippen LogP contribution in [0.3, 0.4) is 0 Å². The molecule has 3 heteroatoms. The van der Waals surface area contributed by atoms with Crippen LogP contribution in [0.1, 0.15) is 18.0 Å². The summed E-state index contributed by atoms with van der Waals surface area (Å²) >= 11 is 0. The van der Waals surface area contributed by atoms with Gasteiger partial charge in [0.15, 0.2) is 0 Å². The smallest absolute Gasteiger partial charge is 0.0921 e. The van der Waals surface area contributed by atoms with E-state index in [9.17, 15) is 0 Å². The van der Waals surface area contributed by atoms with Crippen molar-refractivity contribution in [2.45, 2.75) is 18.4 Å². The van der Waals surface area contributed by atoms with Gasteiger partial charge in [-0.15, -0.1) is 0 Å². The van der Waals surface area contributed by atoms with E-state index in [1.165, 1.54) is 18.7 Å². The maximum absolute atomic E-state index is 4.04. The molecule has 2 aliphatic heterocycles. The van der Waals surface area contributed by atoms with Crippen molar-refractivity contribution in [1.29, 1.82) is 0 Å². The number of hydrogen-bond acceptors (Lipinski definition) is 2. The molecule has 0 aromatic carbocycles. The second kappa shape index (κ2) is 1.85. The average molecular weight is 149 g/mol. The number of nitrogens with zero attached hydrogens (tertiary/aromatic N) is 1. The summed E-state index contributed by atoms with van der Waals surface area (Å²) in [5.41, 5.74) is 1.32. The van der Waals surface area contributed by atoms with Crippen molar-refractivity contribution in [3.8, 4) is 0 Å². The Labute approximate surface area is 65.2 Å². The Kier molecular flexibility index (Phi) is 0.973. The van der Waals surface area contributed by atoms with Crippen LogP contribution in [0.5, 0.6) is 0 Å². The molecule has 3 fully saturated rings. The minimum Gasteiger partial charge on any atom is -0.348 e. The second-order valence-electron chi connectivity index (χ2n) is 3.54. The van der Waals surface area contributed by atoms with E-state index in [2.05, 4.69) is 15.3 Å². The fraction of sp³-hybridized carbons (Fsp3) is 0.625. The molecule has 4 rings (SSSR count). The summed E-state index contributed by atoms with van der Waals surface area (Å²) in [5, 5.41) is 3.48. The summed E-state index contributed by atoms with van der Waals surface area (Å²) in [5.74, 6) is 1.61. The summed E-state index contributed by atoms with van der Waals surface area (Å²) in [7, 11) is 0. The van der Waals surface area contributed by atoms with Crippen molar-refractivity contribution in [3.05, 3.63) is 18.2 Å². The molecule has 2 bridgehead atoms. The van der Waals surface area contributed by atoms with Crippen LogP contribution in [0, 0.1) is 5.92 Å². The molecular weight excluding hydrogens is 138 g/mol. The standard InChI is InChI=1S/C8H11N3/c1-5-2-10-6(1)8(5)7-3-9-4-11-7/h3-6,8,10H,1-2H2,(H,9,11)/t5-,6-,8+/m1/s1. The molecule has 2 saturated heterocycles. The molecule has 1 aromatic rings. The molecule has 0 radical (unpaired) electrons. The van der Waals surface area contributed by atoms with Crippen LogP contribution in [0.15, 0.2) is 12.5 Å². The van der Waals surface area contributed by atoms with E-state index in [1.807, 2.05) is 6.20 Å². The monoisotopic (exact) mass is 149 g/mol. The zero-order valence-electron chi connectivity index (χ0n) is 6.25. The molecule has 2 N–H and O–H groups in total. The van der Waals surface area contributed by atoms with E-state index >= 15 is 0 Å². The number of rotatable bonds is 1. The Bertz CT molecular complexity index is 240. The van der Waals surface area contributed by atoms with Crippen molar-refractivity contribution in [2.24, 2.45) is 5.92 Å². The number of fused-ring (bicyclic) bond motifs is 1. The van der Waals surface area contributed by atoms with Crippen molar-refractivity contribution < 1.29 is 0 Å². The Morgan fingerprint density at radius 3 is 3.09 bits per heavy atom. The van der Waals surface area contributed by atoms with Gasteiger partial charge in [0.1, 0.15) is 0 Å². The lowest BCUT2D eigenvalue weighted by Crippen LogP contribution is -2.34. The molecule has 3 nitrogen and oxygen atoms in total. The highest BCUT2D eigenvalue weighted by molar-refractivity contribution is 5.20. The van der Waals surface area contributed by atoms with Crippen LogP contribution in [0.25, 0.3) is 0 Å². The molecular formula is C8H11N3. The number of nitrogens with one attached hydrogen (secondary N) is 2. The largest absolute Gasteiger partial charge is 0.348 e. The quantitative estimate of drug-likeness (QED) is 0.610. The van der Waals surface area contributed by atoms with Gasteiger partial charge < -0.3 is 10.3 Å². The first-order chi connectivity index (χ1) is 5.45. The molecule has 3 atom stereocenters. The zero-order chi connectivity index (χ0) is 7.26. The van der Waals surface area contributed by atoms with E-state index < -0.39 is 0 Å². The fourth-order valence-electron chi connectivity index (χ4n) is 2.40. The molecule has 0 unspecified atom stereocenters. The number of imidazole rings is 1. The molecule has 3 aliphatic rings. The summed E-state index contributed by atoms with van der Waals surface area (Å²) < 4.78 is 0. The molecule has 0 amide bonds. The van der Waals surface area contributed by atoms with Crippen molar-refractivity contribution >= 4 is 0 Å². The second-order valence-corrected chi connectivity index (χ2v) is 3.54. The van der Waals surface area contributed by atoms with Crippen LogP contribution in [0.4, 0.5) is 0 Å². The highest BCUT2D eigenvalue weighted by Crippen LogP contribution is 2.46. The molecule has 58 valence electrons.